The second-order valence-corrected chi connectivity index (χ2v) is 39.1. The Bertz CT molecular complexity index is 6720. The van der Waals surface area contributed by atoms with Gasteiger partial charge in [0, 0.05) is 71.1 Å². The fourth-order valence-electron chi connectivity index (χ4n) is 17.2. The normalized spacial score (nSPS) is 18.5. The van der Waals surface area contributed by atoms with Crippen LogP contribution in [0.1, 0.15) is 160 Å². The molecular weight excluding hydrogens is 1980 g/mol. The summed E-state index contributed by atoms with van der Waals surface area (Å²) in [5.74, 6) is -2.46. The van der Waals surface area contributed by atoms with Crippen LogP contribution in [0, 0.1) is 45.8 Å². The number of rotatable bonds is 20. The van der Waals surface area contributed by atoms with Gasteiger partial charge in [0.15, 0.2) is 29.5 Å². The number of piperidine rings is 2. The Kier molecular flexibility index (Phi) is 37.7. The van der Waals surface area contributed by atoms with E-state index in [1.165, 1.54) is 75.4 Å². The Balaban J connectivity index is 0.000000224. The molecule has 772 valence electrons. The number of methoxy groups -OCH3 is 2. The second-order valence-electron chi connectivity index (χ2n) is 33.1. The fourth-order valence-corrected chi connectivity index (χ4v) is 20.1. The van der Waals surface area contributed by atoms with Gasteiger partial charge in [0.25, 0.3) is 0 Å². The van der Waals surface area contributed by atoms with Crippen molar-refractivity contribution in [2.24, 2.45) is 11.8 Å². The number of nitrogens with one attached hydrogen (secondary N) is 5. The summed E-state index contributed by atoms with van der Waals surface area (Å²) in [4.78, 5) is 85.1. The zero-order valence-electron chi connectivity index (χ0n) is 77.1. The molecule has 44 heteroatoms. The number of hydrogen-bond acceptors (Lipinski definition) is 23. The van der Waals surface area contributed by atoms with E-state index < -0.39 is 148 Å². The van der Waals surface area contributed by atoms with Gasteiger partial charge in [0.1, 0.15) is 11.5 Å². The molecule has 2 fully saturated rings. The molecule has 5 aliphatic rings. The van der Waals surface area contributed by atoms with Gasteiger partial charge in [-0.05, 0) is 239 Å². The second kappa shape index (κ2) is 47.4. The molecule has 7 heterocycles. The molecule has 9 atom stereocenters. The number of benzene rings is 8. The van der Waals surface area contributed by atoms with Crippen LogP contribution >= 0.6 is 0 Å². The molecule has 0 saturated carbocycles. The average molecular weight is 2080 g/mol. The number of hydrogen-bond donors (Lipinski definition) is 10. The number of sulfone groups is 3. The lowest BCUT2D eigenvalue weighted by Gasteiger charge is -2.35. The number of allylic oxidation sites excluding steroid dienone is 3. The van der Waals surface area contributed by atoms with E-state index in [1.54, 1.807) is 44.8 Å². The van der Waals surface area contributed by atoms with Crippen LogP contribution in [0.4, 0.5) is 71.0 Å². The smallest absolute Gasteiger partial charge is 0.416 e. The van der Waals surface area contributed by atoms with E-state index in [2.05, 4.69) is 49.7 Å². The molecular formula is C102H104F9N13O19S3. The molecule has 8 aromatic carbocycles. The maximum atomic E-state index is 13.1. The predicted octanol–water partition coefficient (Wildman–Crippen LogP) is 18.4. The maximum Gasteiger partial charge on any atom is 0.416 e. The number of halogens is 9. The van der Waals surface area contributed by atoms with Gasteiger partial charge < -0.3 is 61.6 Å². The number of aliphatic hydroxyl groups excluding tert-OH is 2. The minimum absolute atomic E-state index is 0. The zero-order chi connectivity index (χ0) is 105. The molecule has 10 N–H and O–H groups in total. The minimum atomic E-state index is -4.69. The van der Waals surface area contributed by atoms with E-state index in [9.17, 15) is 119 Å². The van der Waals surface area contributed by atoms with Crippen molar-refractivity contribution in [1.29, 1.82) is 15.8 Å². The third kappa shape index (κ3) is 26.0. The van der Waals surface area contributed by atoms with Crippen molar-refractivity contribution in [3.63, 3.8) is 0 Å². The molecule has 2 aromatic heterocycles. The largest absolute Gasteiger partial charge is 0.497 e. The summed E-state index contributed by atoms with van der Waals surface area (Å²) in [5, 5.41) is 94.5. The van der Waals surface area contributed by atoms with Crippen LogP contribution in [0.5, 0.6) is 11.5 Å². The van der Waals surface area contributed by atoms with E-state index in [0.29, 0.717) is 18.2 Å². The predicted molar refractivity (Wildman–Crippen MR) is 526 cm³/mol. The number of carbonyl (C=O) groups is 6. The van der Waals surface area contributed by atoms with Crippen LogP contribution in [0.3, 0.4) is 0 Å². The van der Waals surface area contributed by atoms with Crippen LogP contribution < -0.4 is 50.8 Å². The molecule has 15 rings (SSSR count). The summed E-state index contributed by atoms with van der Waals surface area (Å²) in [6.45, 7) is 13.4. The third-order valence-electron chi connectivity index (χ3n) is 24.0. The molecule has 5 aliphatic heterocycles. The molecule has 0 aliphatic carbocycles. The lowest BCUT2D eigenvalue weighted by molar-refractivity contribution is -0.138. The van der Waals surface area contributed by atoms with Crippen LogP contribution in [0.25, 0.3) is 21.8 Å². The van der Waals surface area contributed by atoms with E-state index in [1.807, 2.05) is 60.7 Å². The van der Waals surface area contributed by atoms with Gasteiger partial charge in [-0.1, -0.05) is 70.8 Å². The van der Waals surface area contributed by atoms with Gasteiger partial charge in [-0.15, -0.1) is 13.2 Å². The van der Waals surface area contributed by atoms with Gasteiger partial charge in [-0.3, -0.25) is 24.7 Å². The SMILES string of the molecule is C.C.C.C=CC1CCCN[C@H]1[C@H](O)c1ccnc2ccc(OC)cc12.C=CC1CCCN[C@H]1[C@H](O)c1ccnc2ccc(OC)cc12.CC1=C(C(=O)O)C(c2ccc(C#N)cc2S(C)(=O)=O)NC(=O)N1c1cccc(C(F)(F)F)c1.CC1=C(C(=O)O)[C@@H](c2ccc(C#N)cc2S(C)(=O)=O)NC(=O)N1c1cccc(C(F)(F)F)c1.CC1=C(C(=O)O)[C@H](c2ccc(C#N)cc2S(C)(=O)=O)NC(=O)N1c1cccc(C(F)(F)F)c1. The first-order chi connectivity index (χ1) is 67.2. The number of aromatic nitrogens is 2. The fraction of sp³-hybridized carbons (Fsp3) is 0.284. The number of fused-ring (bicyclic) bond motifs is 2. The van der Waals surface area contributed by atoms with Crippen LogP contribution in [0.2, 0.25) is 0 Å². The van der Waals surface area contributed by atoms with E-state index in [4.69, 9.17) is 25.3 Å². The van der Waals surface area contributed by atoms with E-state index >= 15 is 0 Å². The summed E-state index contributed by atoms with van der Waals surface area (Å²) in [6.07, 6.45) is -0.920. The van der Waals surface area contributed by atoms with Crippen molar-refractivity contribution in [3.8, 4) is 29.7 Å². The van der Waals surface area contributed by atoms with Gasteiger partial charge in [-0.2, -0.15) is 55.3 Å². The Hall–Kier alpha value is -15.4. The molecule has 146 heavy (non-hydrogen) atoms. The number of nitriles is 3. The summed E-state index contributed by atoms with van der Waals surface area (Å²) < 4.78 is 203. The first kappa shape index (κ1) is 116. The van der Waals surface area contributed by atoms with Crippen molar-refractivity contribution < 1.29 is 129 Å². The van der Waals surface area contributed by atoms with Crippen molar-refractivity contribution in [3.05, 3.63) is 309 Å². The number of nitrogens with zero attached hydrogens (tertiary/aromatic N) is 8. The number of carboxylic acid groups (broad SMARTS) is 3. The van der Waals surface area contributed by atoms with Gasteiger partial charge in [-0.25, -0.2) is 54.0 Å². The lowest BCUT2D eigenvalue weighted by Crippen LogP contribution is -2.48. The molecule has 2 saturated heterocycles. The molecule has 0 radical (unpaired) electrons. The zero-order valence-corrected chi connectivity index (χ0v) is 79.5. The lowest BCUT2D eigenvalue weighted by atomic mass is 9.84. The van der Waals surface area contributed by atoms with Crippen molar-refractivity contribution in [1.82, 2.24) is 36.6 Å². The van der Waals surface area contributed by atoms with E-state index in [-0.39, 0.29) is 128 Å². The number of ether oxygens (including phenoxy) is 2. The molecule has 10 aromatic rings. The standard InChI is InChI=1S/3C21H16F3N3O5S.2C18H22N2O2.3CH4/c3*1-11-17(19(28)29)18(15-7-6-12(10-25)8-16(15)33(2,31)32)26-20(30)27(11)14-5-3-4-13(9-14)21(22,23)24;2*1-3-12-5-4-9-20-17(12)18(21)14-8-10-19-16-7-6-13(22-2)11-15(14)16;;;/h3*3-9,18H,1-2H3,(H,26,30)(H,28,29);2*3,6-8,10-12,17-18,20-21H,1,4-5,9H2,2H3;3*1H4/t2*18-;;2*12?,17-,18-;;;/m10.11.../s1. The highest BCUT2D eigenvalue weighted by atomic mass is 32.2. The van der Waals surface area contributed by atoms with Crippen LogP contribution in [0.15, 0.2) is 262 Å². The number of pyridine rings is 2. The van der Waals surface area contributed by atoms with Crippen molar-refractivity contribution in [2.75, 3.05) is 60.8 Å². The highest BCUT2D eigenvalue weighted by Crippen LogP contribution is 2.45. The first-order valence-electron chi connectivity index (χ1n) is 43.1. The van der Waals surface area contributed by atoms with Crippen LogP contribution in [-0.2, 0) is 62.4 Å². The van der Waals surface area contributed by atoms with Crippen LogP contribution in [-0.4, -0.2) is 155 Å². The Morgan fingerprint density at radius 2 is 0.726 bits per heavy atom. The monoisotopic (exact) mass is 2080 g/mol. The Morgan fingerprint density at radius 1 is 0.445 bits per heavy atom. The van der Waals surface area contributed by atoms with Crippen molar-refractivity contribution >= 4 is 104 Å². The topological polar surface area (TPSA) is 491 Å². The van der Waals surface area contributed by atoms with Gasteiger partial charge in [0.05, 0.1) is 156 Å². The Morgan fingerprint density at radius 3 is 0.966 bits per heavy atom. The number of aliphatic carboxylic acids is 3. The Labute approximate surface area is 835 Å². The minimum Gasteiger partial charge on any atom is -0.497 e. The molecule has 0 spiro atoms. The maximum absolute atomic E-state index is 13.1. The third-order valence-corrected chi connectivity index (χ3v) is 27.5. The summed E-state index contributed by atoms with van der Waals surface area (Å²) in [6, 6.07) is 35.5. The highest BCUT2D eigenvalue weighted by Gasteiger charge is 2.45. The first-order valence-corrected chi connectivity index (χ1v) is 48.7. The number of urea groups is 3. The van der Waals surface area contributed by atoms with Gasteiger partial charge >= 0.3 is 54.5 Å². The van der Waals surface area contributed by atoms with Crippen molar-refractivity contribution in [2.45, 2.75) is 144 Å². The molecule has 0 bridgehead atoms. The quantitative estimate of drug-likeness (QED) is 0.0250. The summed E-state index contributed by atoms with van der Waals surface area (Å²) in [7, 11) is -8.55. The number of amides is 6. The number of anilines is 3. The number of aliphatic hydroxyl groups is 2. The number of carbonyl (C=O) groups excluding carboxylic acids is 3. The summed E-state index contributed by atoms with van der Waals surface area (Å²) >= 11 is 0. The summed E-state index contributed by atoms with van der Waals surface area (Å²) in [5.41, 5.74) is -2.46. The number of carboxylic acids is 3. The van der Waals surface area contributed by atoms with E-state index in [0.717, 1.165) is 171 Å². The molecule has 6 amide bonds. The molecule has 32 nitrogen and oxygen atoms in total. The molecule has 3 unspecified atom stereocenters. The van der Waals surface area contributed by atoms with Gasteiger partial charge in [0.2, 0.25) is 0 Å². The highest BCUT2D eigenvalue weighted by molar-refractivity contribution is 7.91. The number of alkyl halides is 9. The average Bonchev–Trinajstić information content (AvgIpc) is 0.754.